The first-order chi connectivity index (χ1) is 23.3. The van der Waals surface area contributed by atoms with Crippen LogP contribution < -0.4 is 33.2 Å². The summed E-state index contributed by atoms with van der Waals surface area (Å²) in [6.07, 6.45) is 10.5. The monoisotopic (exact) mass is 691 g/mol. The minimum absolute atomic E-state index is 0.0150. The molecule has 0 radical (unpaired) electrons. The Kier molecular flexibility index (Phi) is 14.3. The highest BCUT2D eigenvalue weighted by Crippen LogP contribution is 2.69. The Hall–Kier alpha value is -2.35. The topological polar surface area (TPSA) is 217 Å². The maximum atomic E-state index is 7.66. The van der Waals surface area contributed by atoms with Gasteiger partial charge in [0.25, 0.3) is 0 Å². The molecule has 4 aliphatic rings. The summed E-state index contributed by atoms with van der Waals surface area (Å²) >= 11 is 0. The van der Waals surface area contributed by atoms with E-state index in [4.69, 9.17) is 47.6 Å². The van der Waals surface area contributed by atoms with Crippen molar-refractivity contribution in [3.05, 3.63) is 0 Å². The van der Waals surface area contributed by atoms with Gasteiger partial charge in [-0.25, -0.2) is 0 Å². The Bertz CT molecular complexity index is 1100. The maximum absolute atomic E-state index is 7.66. The lowest BCUT2D eigenvalue weighted by Crippen LogP contribution is -2.63. The number of nitrogens with two attached hydrogens (primary N) is 3. The van der Waals surface area contributed by atoms with Crippen molar-refractivity contribution >= 4 is 17.9 Å². The second kappa shape index (κ2) is 17.7. The summed E-state index contributed by atoms with van der Waals surface area (Å²) in [5, 5.41) is 31.5. The van der Waals surface area contributed by atoms with Gasteiger partial charge in [0.2, 0.25) is 0 Å². The van der Waals surface area contributed by atoms with Crippen LogP contribution in [0.25, 0.3) is 0 Å². The van der Waals surface area contributed by atoms with Gasteiger partial charge in [-0.1, -0.05) is 27.7 Å². The smallest absolute Gasteiger partial charge is 0.185 e. The molecule has 0 aromatic rings. The van der Waals surface area contributed by atoms with E-state index in [0.717, 1.165) is 45.2 Å². The number of ether oxygens (including phenoxy) is 3. The maximum Gasteiger partial charge on any atom is 0.185 e. The molecular weight excluding hydrogens is 620 g/mol. The first-order valence-electron chi connectivity index (χ1n) is 19.1. The summed E-state index contributed by atoms with van der Waals surface area (Å²) < 4.78 is 20.2. The molecule has 0 aromatic heterocycles. The zero-order valence-corrected chi connectivity index (χ0v) is 31.1. The van der Waals surface area contributed by atoms with E-state index in [-0.39, 0.29) is 47.0 Å². The lowest BCUT2D eigenvalue weighted by Gasteiger charge is -2.65. The third-order valence-corrected chi connectivity index (χ3v) is 13.4. The van der Waals surface area contributed by atoms with Gasteiger partial charge in [-0.2, -0.15) is 0 Å². The molecule has 4 aliphatic carbocycles. The number of guanidine groups is 3. The molecule has 0 amide bonds. The van der Waals surface area contributed by atoms with Crippen LogP contribution in [0, 0.1) is 62.6 Å². The van der Waals surface area contributed by atoms with Crippen molar-refractivity contribution in [2.45, 2.75) is 104 Å². The Labute approximate surface area is 295 Å². The highest BCUT2D eigenvalue weighted by molar-refractivity contribution is 5.74. The second-order valence-corrected chi connectivity index (χ2v) is 16.1. The van der Waals surface area contributed by atoms with Gasteiger partial charge in [0.15, 0.2) is 17.9 Å². The van der Waals surface area contributed by atoms with E-state index in [2.05, 4.69) is 55.6 Å². The van der Waals surface area contributed by atoms with Crippen molar-refractivity contribution < 1.29 is 14.2 Å². The standard InChI is InChI=1S/C36H70N10O3/c1-6-46(5)16-7-8-23(2)26-9-10-27-31-28(22-30(36(26,27)4)49-19-15-45-34(41)42)35(3)12-11-25(47-17-13-43-32(37)38)20-24(35)21-29(31)48-18-14-44-33(39)40/h23-31H,6-22H2,1-5H3,(H4,37,38,43)(H4,39,40,44)(H4,41,42,45)/t23?,24?,25-,26?,27?,28+,29-,30+,31?,35?,36-/m1/s1. The molecule has 12 N–H and O–H groups in total. The predicted octanol–water partition coefficient (Wildman–Crippen LogP) is 2.84. The average Bonchev–Trinajstić information content (AvgIpc) is 3.41. The minimum Gasteiger partial charge on any atom is -0.376 e. The van der Waals surface area contributed by atoms with E-state index in [9.17, 15) is 0 Å². The summed E-state index contributed by atoms with van der Waals surface area (Å²) in [7, 11) is 2.21. The fraction of sp³-hybridized carbons (Fsp3) is 0.917. The van der Waals surface area contributed by atoms with Gasteiger partial charge >= 0.3 is 0 Å². The summed E-state index contributed by atoms with van der Waals surface area (Å²) in [5.41, 5.74) is 16.9. The van der Waals surface area contributed by atoms with E-state index < -0.39 is 0 Å². The number of hydrogen-bond acceptors (Lipinski definition) is 7. The molecule has 0 saturated heterocycles. The first-order valence-corrected chi connectivity index (χ1v) is 19.1. The van der Waals surface area contributed by atoms with Crippen molar-refractivity contribution in [1.82, 2.24) is 20.9 Å². The molecule has 0 heterocycles. The zero-order valence-electron chi connectivity index (χ0n) is 31.1. The third-order valence-electron chi connectivity index (χ3n) is 13.4. The third kappa shape index (κ3) is 9.51. The summed E-state index contributed by atoms with van der Waals surface area (Å²) in [6.45, 7) is 15.2. The molecule has 6 unspecified atom stereocenters. The molecule has 0 aliphatic heterocycles. The molecule has 0 spiro atoms. The van der Waals surface area contributed by atoms with Crippen LogP contribution in [0.15, 0.2) is 0 Å². The molecule has 0 aromatic carbocycles. The van der Waals surface area contributed by atoms with E-state index in [1.807, 2.05) is 0 Å². The van der Waals surface area contributed by atoms with E-state index >= 15 is 0 Å². The lowest BCUT2D eigenvalue weighted by atomic mass is 9.43. The summed E-state index contributed by atoms with van der Waals surface area (Å²) in [4.78, 5) is 2.41. The van der Waals surface area contributed by atoms with Crippen LogP contribution in [-0.2, 0) is 14.2 Å². The van der Waals surface area contributed by atoms with Gasteiger partial charge in [-0.15, -0.1) is 0 Å². The summed E-state index contributed by atoms with van der Waals surface area (Å²) in [6, 6.07) is 0. The van der Waals surface area contributed by atoms with Crippen LogP contribution >= 0.6 is 0 Å². The Balaban J connectivity index is 1.60. The van der Waals surface area contributed by atoms with Gasteiger partial charge in [-0.3, -0.25) is 16.2 Å². The van der Waals surface area contributed by atoms with Crippen molar-refractivity contribution in [1.29, 1.82) is 16.2 Å². The Morgan fingerprint density at radius 1 is 0.837 bits per heavy atom. The van der Waals surface area contributed by atoms with Gasteiger partial charge < -0.3 is 52.3 Å². The first kappa shape index (κ1) is 39.4. The number of nitrogens with zero attached hydrogens (tertiary/aromatic N) is 1. The van der Waals surface area contributed by atoms with Crippen LogP contribution in [0.2, 0.25) is 0 Å². The van der Waals surface area contributed by atoms with Gasteiger partial charge in [0, 0.05) is 25.0 Å². The van der Waals surface area contributed by atoms with E-state index in [1.165, 1.54) is 25.7 Å². The van der Waals surface area contributed by atoms with Crippen molar-refractivity contribution in [2.75, 3.05) is 59.6 Å². The highest BCUT2D eigenvalue weighted by atomic mass is 16.5. The van der Waals surface area contributed by atoms with Crippen molar-refractivity contribution in [3.8, 4) is 0 Å². The van der Waals surface area contributed by atoms with Crippen LogP contribution in [0.4, 0.5) is 0 Å². The molecule has 11 atom stereocenters. The highest BCUT2D eigenvalue weighted by Gasteiger charge is 2.66. The fourth-order valence-corrected chi connectivity index (χ4v) is 10.9. The molecule has 4 rings (SSSR count). The predicted molar refractivity (Wildman–Crippen MR) is 197 cm³/mol. The number of fused-ring (bicyclic) bond motifs is 5. The molecule has 13 heteroatoms. The SMILES string of the molecule is CCN(C)CCCC(C)C1CCC2C3[C@H](OCCNC(=N)N)CC4C[C@H](OCCNC(=N)N)CCC4(C)[C@H]3C[C@H](OCCNC(=N)N)[C@]12C. The molecule has 49 heavy (non-hydrogen) atoms. The fourth-order valence-electron chi connectivity index (χ4n) is 10.9. The van der Waals surface area contributed by atoms with Crippen LogP contribution in [0.5, 0.6) is 0 Å². The van der Waals surface area contributed by atoms with Gasteiger partial charge in [0.1, 0.15) is 0 Å². The van der Waals surface area contributed by atoms with Gasteiger partial charge in [-0.05, 0) is 119 Å². The molecule has 13 nitrogen and oxygen atoms in total. The lowest BCUT2D eigenvalue weighted by molar-refractivity contribution is -0.226. The zero-order chi connectivity index (χ0) is 35.8. The Morgan fingerprint density at radius 3 is 2.06 bits per heavy atom. The van der Waals surface area contributed by atoms with Crippen molar-refractivity contribution in [2.24, 2.45) is 63.5 Å². The quantitative estimate of drug-likeness (QED) is 0.0582. The summed E-state index contributed by atoms with van der Waals surface area (Å²) in [5.74, 6) is 3.00. The van der Waals surface area contributed by atoms with Gasteiger partial charge in [0.05, 0.1) is 38.1 Å². The number of nitrogens with one attached hydrogen (secondary N) is 6. The minimum atomic E-state index is -0.0248. The average molecular weight is 691 g/mol. The Morgan fingerprint density at radius 2 is 1.45 bits per heavy atom. The second-order valence-electron chi connectivity index (χ2n) is 16.1. The molecule has 0 bridgehead atoms. The largest absolute Gasteiger partial charge is 0.376 e. The molecular formula is C36H70N10O3. The van der Waals surface area contributed by atoms with Crippen LogP contribution in [-0.4, -0.2) is 101 Å². The number of rotatable bonds is 18. The molecule has 4 saturated carbocycles. The van der Waals surface area contributed by atoms with Crippen LogP contribution in [0.3, 0.4) is 0 Å². The normalized spacial score (nSPS) is 35.9. The van der Waals surface area contributed by atoms with Crippen LogP contribution in [0.1, 0.15) is 85.5 Å². The van der Waals surface area contributed by atoms with Crippen molar-refractivity contribution in [3.63, 3.8) is 0 Å². The number of hydrogen-bond donors (Lipinski definition) is 9. The van der Waals surface area contributed by atoms with E-state index in [1.54, 1.807) is 0 Å². The molecule has 282 valence electrons. The van der Waals surface area contributed by atoms with E-state index in [0.29, 0.717) is 75.0 Å². The molecule has 4 fully saturated rings.